The number of amides is 1. The zero-order chi connectivity index (χ0) is 19.4. The first-order chi connectivity index (χ1) is 13.0. The number of para-hydroxylation sites is 1. The van der Waals surface area contributed by atoms with Crippen molar-refractivity contribution in [3.05, 3.63) is 59.7 Å². The number of anilines is 1. The summed E-state index contributed by atoms with van der Waals surface area (Å²) in [6.45, 7) is 1.13. The van der Waals surface area contributed by atoms with E-state index in [1.807, 2.05) is 55.4 Å². The molecule has 1 unspecified atom stereocenters. The average Bonchev–Trinajstić information content (AvgIpc) is 2.72. The van der Waals surface area contributed by atoms with Crippen LogP contribution in [-0.4, -0.2) is 50.9 Å². The van der Waals surface area contributed by atoms with Gasteiger partial charge in [0.2, 0.25) is 0 Å². The summed E-state index contributed by atoms with van der Waals surface area (Å²) in [4.78, 5) is 29.7. The Morgan fingerprint density at radius 1 is 1.07 bits per heavy atom. The van der Waals surface area contributed by atoms with Crippen molar-refractivity contribution in [1.82, 2.24) is 4.90 Å². The number of Topliss-reactive ketones (excluding diaryl/α,β-unsaturated/α-hetero) is 1. The van der Waals surface area contributed by atoms with Gasteiger partial charge in [-0.25, -0.2) is 0 Å². The zero-order valence-electron chi connectivity index (χ0n) is 16.1. The van der Waals surface area contributed by atoms with Gasteiger partial charge < -0.3 is 14.5 Å². The van der Waals surface area contributed by atoms with Crippen LogP contribution in [-0.2, 0) is 0 Å². The normalized spacial score (nSPS) is 16.7. The van der Waals surface area contributed by atoms with Gasteiger partial charge in [0, 0.05) is 44.4 Å². The lowest BCUT2D eigenvalue weighted by Gasteiger charge is -2.32. The summed E-state index contributed by atoms with van der Waals surface area (Å²) in [5, 5.41) is 0. The van der Waals surface area contributed by atoms with Crippen LogP contribution in [0.5, 0.6) is 5.75 Å². The molecular weight excluding hydrogens is 340 g/mol. The fraction of sp³-hybridized carbons (Fsp3) is 0.364. The first-order valence-corrected chi connectivity index (χ1v) is 9.25. The maximum absolute atomic E-state index is 13.0. The molecular formula is C22H26N2O3. The van der Waals surface area contributed by atoms with Gasteiger partial charge in [-0.1, -0.05) is 12.1 Å². The lowest BCUT2D eigenvalue weighted by Crippen LogP contribution is -2.42. The third-order valence-electron chi connectivity index (χ3n) is 5.08. The maximum atomic E-state index is 13.0. The van der Waals surface area contributed by atoms with Crippen LogP contribution >= 0.6 is 0 Å². The van der Waals surface area contributed by atoms with E-state index in [1.54, 1.807) is 24.1 Å². The number of rotatable bonds is 5. The first kappa shape index (κ1) is 19.0. The average molecular weight is 366 g/mol. The van der Waals surface area contributed by atoms with Crippen LogP contribution in [0, 0.1) is 5.92 Å². The third kappa shape index (κ3) is 4.13. The number of ketones is 1. The number of hydrogen-bond donors (Lipinski definition) is 0. The van der Waals surface area contributed by atoms with Crippen LogP contribution in [0.15, 0.2) is 48.5 Å². The fourth-order valence-corrected chi connectivity index (χ4v) is 3.53. The molecule has 0 aromatic heterocycles. The van der Waals surface area contributed by atoms with Crippen molar-refractivity contribution < 1.29 is 14.3 Å². The molecule has 2 aromatic rings. The van der Waals surface area contributed by atoms with Gasteiger partial charge in [-0.05, 0) is 49.2 Å². The monoisotopic (exact) mass is 366 g/mol. The van der Waals surface area contributed by atoms with Gasteiger partial charge >= 0.3 is 0 Å². The standard InChI is InChI=1S/C22H26N2O3/c1-23(2)18-12-10-16(11-13-18)22(26)24-14-6-7-17(15-24)21(25)19-8-4-5-9-20(19)27-3/h4-5,8-13,17H,6-7,14-15H2,1-3H3. The van der Waals surface area contributed by atoms with Crippen molar-refractivity contribution >= 4 is 17.4 Å². The highest BCUT2D eigenvalue weighted by Crippen LogP contribution is 2.27. The summed E-state index contributed by atoms with van der Waals surface area (Å²) in [6, 6.07) is 14.9. The van der Waals surface area contributed by atoms with Crippen LogP contribution < -0.4 is 9.64 Å². The molecule has 5 nitrogen and oxygen atoms in total. The highest BCUT2D eigenvalue weighted by Gasteiger charge is 2.30. The van der Waals surface area contributed by atoms with E-state index in [0.717, 1.165) is 18.5 Å². The van der Waals surface area contributed by atoms with Crippen LogP contribution in [0.3, 0.4) is 0 Å². The van der Waals surface area contributed by atoms with Crippen molar-refractivity contribution in [2.24, 2.45) is 5.92 Å². The SMILES string of the molecule is COc1ccccc1C(=O)C1CCCN(C(=O)c2ccc(N(C)C)cc2)C1. The molecule has 0 radical (unpaired) electrons. The number of methoxy groups -OCH3 is 1. The molecule has 1 aliphatic rings. The Morgan fingerprint density at radius 3 is 2.44 bits per heavy atom. The van der Waals surface area contributed by atoms with Crippen LogP contribution in [0.1, 0.15) is 33.6 Å². The Kier molecular flexibility index (Phi) is 5.79. The van der Waals surface area contributed by atoms with Crippen molar-refractivity contribution in [3.8, 4) is 5.75 Å². The van der Waals surface area contributed by atoms with Gasteiger partial charge in [0.1, 0.15) is 5.75 Å². The number of hydrogen-bond acceptors (Lipinski definition) is 4. The second kappa shape index (κ2) is 8.25. The Hall–Kier alpha value is -2.82. The number of carbonyl (C=O) groups is 2. The smallest absolute Gasteiger partial charge is 0.253 e. The second-order valence-corrected chi connectivity index (χ2v) is 7.10. The molecule has 0 aliphatic carbocycles. The molecule has 1 saturated heterocycles. The minimum Gasteiger partial charge on any atom is -0.496 e. The molecule has 1 atom stereocenters. The topological polar surface area (TPSA) is 49.9 Å². The van der Waals surface area contributed by atoms with Crippen LogP contribution in [0.25, 0.3) is 0 Å². The Morgan fingerprint density at radius 2 is 1.78 bits per heavy atom. The van der Waals surface area contributed by atoms with E-state index >= 15 is 0 Å². The van der Waals surface area contributed by atoms with E-state index in [4.69, 9.17) is 4.74 Å². The number of nitrogens with zero attached hydrogens (tertiary/aromatic N) is 2. The molecule has 27 heavy (non-hydrogen) atoms. The number of carbonyl (C=O) groups excluding carboxylic acids is 2. The van der Waals surface area contributed by atoms with E-state index < -0.39 is 0 Å². The molecule has 5 heteroatoms. The van der Waals surface area contributed by atoms with Crippen molar-refractivity contribution in [2.45, 2.75) is 12.8 Å². The molecule has 3 rings (SSSR count). The molecule has 0 spiro atoms. The second-order valence-electron chi connectivity index (χ2n) is 7.10. The van der Waals surface area contributed by atoms with Gasteiger partial charge in [-0.3, -0.25) is 9.59 Å². The minimum absolute atomic E-state index is 0.0159. The number of piperidine rings is 1. The summed E-state index contributed by atoms with van der Waals surface area (Å²) in [5.74, 6) is 0.427. The molecule has 0 bridgehead atoms. The molecule has 1 amide bonds. The highest BCUT2D eigenvalue weighted by atomic mass is 16.5. The van der Waals surface area contributed by atoms with Gasteiger partial charge in [0.25, 0.3) is 5.91 Å². The predicted molar refractivity (Wildman–Crippen MR) is 107 cm³/mol. The number of likely N-dealkylation sites (tertiary alicyclic amines) is 1. The van der Waals surface area contributed by atoms with Crippen molar-refractivity contribution in [2.75, 3.05) is 39.2 Å². The molecule has 1 heterocycles. The summed E-state index contributed by atoms with van der Waals surface area (Å²) in [5.41, 5.74) is 2.30. The Labute approximate surface area is 160 Å². The van der Waals surface area contributed by atoms with Crippen molar-refractivity contribution in [1.29, 1.82) is 0 Å². The van der Waals surface area contributed by atoms with Gasteiger partial charge in [0.15, 0.2) is 5.78 Å². The largest absolute Gasteiger partial charge is 0.496 e. The zero-order valence-corrected chi connectivity index (χ0v) is 16.1. The third-order valence-corrected chi connectivity index (χ3v) is 5.08. The van der Waals surface area contributed by atoms with E-state index in [0.29, 0.717) is 30.0 Å². The Balaban J connectivity index is 1.73. The number of benzene rings is 2. The lowest BCUT2D eigenvalue weighted by molar-refractivity contribution is 0.0636. The molecule has 0 N–H and O–H groups in total. The predicted octanol–water partition coefficient (Wildman–Crippen LogP) is 3.50. The summed E-state index contributed by atoms with van der Waals surface area (Å²) >= 11 is 0. The Bertz CT molecular complexity index is 815. The lowest BCUT2D eigenvalue weighted by atomic mass is 9.89. The van der Waals surface area contributed by atoms with Crippen LogP contribution in [0.2, 0.25) is 0 Å². The number of ether oxygens (including phenoxy) is 1. The van der Waals surface area contributed by atoms with Crippen molar-refractivity contribution in [3.63, 3.8) is 0 Å². The quantitative estimate of drug-likeness (QED) is 0.760. The van der Waals surface area contributed by atoms with E-state index in [1.165, 1.54) is 0 Å². The fourth-order valence-electron chi connectivity index (χ4n) is 3.53. The van der Waals surface area contributed by atoms with Crippen LogP contribution in [0.4, 0.5) is 5.69 Å². The maximum Gasteiger partial charge on any atom is 0.253 e. The minimum atomic E-state index is -0.194. The van der Waals surface area contributed by atoms with E-state index in [2.05, 4.69) is 0 Å². The molecule has 1 fully saturated rings. The van der Waals surface area contributed by atoms with Gasteiger partial charge in [0.05, 0.1) is 12.7 Å². The summed E-state index contributed by atoms with van der Waals surface area (Å²) in [7, 11) is 5.51. The molecule has 0 saturated carbocycles. The first-order valence-electron chi connectivity index (χ1n) is 9.25. The van der Waals surface area contributed by atoms with Gasteiger partial charge in [-0.15, -0.1) is 0 Å². The van der Waals surface area contributed by atoms with E-state index in [9.17, 15) is 9.59 Å². The molecule has 1 aliphatic heterocycles. The molecule has 2 aromatic carbocycles. The summed E-state index contributed by atoms with van der Waals surface area (Å²) in [6.07, 6.45) is 1.62. The van der Waals surface area contributed by atoms with E-state index in [-0.39, 0.29) is 17.6 Å². The highest BCUT2D eigenvalue weighted by molar-refractivity contribution is 6.01. The van der Waals surface area contributed by atoms with Gasteiger partial charge in [-0.2, -0.15) is 0 Å². The molecule has 142 valence electrons. The summed E-state index contributed by atoms with van der Waals surface area (Å²) < 4.78 is 5.33.